The van der Waals surface area contributed by atoms with Crippen LogP contribution in [0.1, 0.15) is 12.8 Å². The first-order chi connectivity index (χ1) is 7.58. The zero-order chi connectivity index (χ0) is 11.7. The largest absolute Gasteiger partial charge is 0.478 e. The van der Waals surface area contributed by atoms with Crippen molar-refractivity contribution in [1.82, 2.24) is 0 Å². The quantitative estimate of drug-likeness (QED) is 0.886. The Morgan fingerprint density at radius 3 is 2.75 bits per heavy atom. The molecule has 0 amide bonds. The van der Waals surface area contributed by atoms with Crippen LogP contribution in [-0.2, 0) is 4.79 Å². The fourth-order valence-corrected chi connectivity index (χ4v) is 1.56. The average molecular weight is 245 g/mol. The Bertz CT molecular complexity index is 418. The highest BCUT2D eigenvalue weighted by molar-refractivity contribution is 6.30. The minimum absolute atomic E-state index is 0.00866. The number of hydrogen-bond acceptors (Lipinski definition) is 2. The summed E-state index contributed by atoms with van der Waals surface area (Å²) < 4.78 is 18.3. The van der Waals surface area contributed by atoms with E-state index in [1.807, 2.05) is 0 Å². The molecule has 1 unspecified atom stereocenters. The molecule has 1 aliphatic carbocycles. The van der Waals surface area contributed by atoms with Gasteiger partial charge in [-0.15, -0.1) is 0 Å². The number of halogens is 2. The Morgan fingerprint density at radius 1 is 1.56 bits per heavy atom. The molecule has 0 saturated heterocycles. The highest BCUT2D eigenvalue weighted by Crippen LogP contribution is 2.35. The SMILES string of the molecule is O=C(O)C(Oc1ccc(Cl)c(F)c1)C1CC1. The third kappa shape index (κ3) is 2.44. The Labute approximate surface area is 96.8 Å². The van der Waals surface area contributed by atoms with Crippen molar-refractivity contribution in [1.29, 1.82) is 0 Å². The van der Waals surface area contributed by atoms with Crippen LogP contribution in [0.15, 0.2) is 18.2 Å². The zero-order valence-corrected chi connectivity index (χ0v) is 9.08. The lowest BCUT2D eigenvalue weighted by Gasteiger charge is -2.14. The summed E-state index contributed by atoms with van der Waals surface area (Å²) in [7, 11) is 0. The summed E-state index contributed by atoms with van der Waals surface area (Å²) in [5, 5.41) is 8.92. The summed E-state index contributed by atoms with van der Waals surface area (Å²) in [4.78, 5) is 10.9. The Morgan fingerprint density at radius 2 is 2.25 bits per heavy atom. The van der Waals surface area contributed by atoms with Gasteiger partial charge in [-0.1, -0.05) is 11.6 Å². The van der Waals surface area contributed by atoms with Crippen molar-refractivity contribution < 1.29 is 19.0 Å². The first kappa shape index (κ1) is 11.2. The van der Waals surface area contributed by atoms with Crippen molar-refractivity contribution in [3.8, 4) is 5.75 Å². The Hall–Kier alpha value is -1.29. The fraction of sp³-hybridized carbons (Fsp3) is 0.364. The van der Waals surface area contributed by atoms with Crippen molar-refractivity contribution in [2.24, 2.45) is 5.92 Å². The molecule has 86 valence electrons. The van der Waals surface area contributed by atoms with Gasteiger partial charge in [-0.05, 0) is 25.0 Å². The smallest absolute Gasteiger partial charge is 0.345 e. The van der Waals surface area contributed by atoms with E-state index in [-0.39, 0.29) is 16.7 Å². The van der Waals surface area contributed by atoms with Crippen LogP contribution < -0.4 is 4.74 Å². The van der Waals surface area contributed by atoms with Gasteiger partial charge in [-0.3, -0.25) is 0 Å². The van der Waals surface area contributed by atoms with Crippen molar-refractivity contribution in [3.63, 3.8) is 0 Å². The number of carbonyl (C=O) groups is 1. The molecule has 0 aromatic heterocycles. The van der Waals surface area contributed by atoms with E-state index in [2.05, 4.69) is 0 Å². The van der Waals surface area contributed by atoms with Crippen LogP contribution in [-0.4, -0.2) is 17.2 Å². The maximum Gasteiger partial charge on any atom is 0.345 e. The first-order valence-electron chi connectivity index (χ1n) is 4.92. The van der Waals surface area contributed by atoms with E-state index in [0.29, 0.717) is 0 Å². The molecule has 1 fully saturated rings. The summed E-state index contributed by atoms with van der Waals surface area (Å²) in [6, 6.07) is 3.91. The molecule has 1 aromatic carbocycles. The minimum Gasteiger partial charge on any atom is -0.478 e. The predicted molar refractivity (Wildman–Crippen MR) is 56.2 cm³/mol. The predicted octanol–water partition coefficient (Wildman–Crippen LogP) is 2.72. The monoisotopic (exact) mass is 244 g/mol. The first-order valence-corrected chi connectivity index (χ1v) is 5.30. The second-order valence-electron chi connectivity index (χ2n) is 3.79. The molecule has 0 aliphatic heterocycles. The molecule has 16 heavy (non-hydrogen) atoms. The number of hydrogen-bond donors (Lipinski definition) is 1. The lowest BCUT2D eigenvalue weighted by atomic mass is 10.2. The number of aliphatic carboxylic acids is 1. The van der Waals surface area contributed by atoms with Crippen molar-refractivity contribution in [3.05, 3.63) is 29.0 Å². The molecular formula is C11H10ClFO3. The normalized spacial score (nSPS) is 16.9. The molecule has 5 heteroatoms. The van der Waals surface area contributed by atoms with Gasteiger partial charge in [0.25, 0.3) is 0 Å². The van der Waals surface area contributed by atoms with Crippen LogP contribution in [0.4, 0.5) is 4.39 Å². The molecule has 0 radical (unpaired) electrons. The number of rotatable bonds is 4. The lowest BCUT2D eigenvalue weighted by molar-refractivity contribution is -0.146. The van der Waals surface area contributed by atoms with Gasteiger partial charge < -0.3 is 9.84 Å². The number of carboxylic acid groups (broad SMARTS) is 1. The van der Waals surface area contributed by atoms with E-state index in [9.17, 15) is 9.18 Å². The molecule has 1 N–H and O–H groups in total. The summed E-state index contributed by atoms with van der Waals surface area (Å²) >= 11 is 5.51. The lowest BCUT2D eigenvalue weighted by Crippen LogP contribution is -2.29. The van der Waals surface area contributed by atoms with Gasteiger partial charge in [0.05, 0.1) is 5.02 Å². The molecule has 2 rings (SSSR count). The highest BCUT2D eigenvalue weighted by Gasteiger charge is 2.38. The van der Waals surface area contributed by atoms with Crippen molar-refractivity contribution >= 4 is 17.6 Å². The molecule has 1 saturated carbocycles. The van der Waals surface area contributed by atoms with E-state index < -0.39 is 17.9 Å². The van der Waals surface area contributed by atoms with Crippen LogP contribution >= 0.6 is 11.6 Å². The molecule has 3 nitrogen and oxygen atoms in total. The van der Waals surface area contributed by atoms with Crippen LogP contribution in [0.25, 0.3) is 0 Å². The third-order valence-electron chi connectivity index (χ3n) is 2.45. The van der Waals surface area contributed by atoms with Crippen LogP contribution in [0.2, 0.25) is 5.02 Å². The topological polar surface area (TPSA) is 46.5 Å². The summed E-state index contributed by atoms with van der Waals surface area (Å²) in [5.74, 6) is -1.39. The van der Waals surface area contributed by atoms with Crippen LogP contribution in [0.3, 0.4) is 0 Å². The average Bonchev–Trinajstić information content (AvgIpc) is 3.03. The fourth-order valence-electron chi connectivity index (χ4n) is 1.44. The standard InChI is InChI=1S/C11H10ClFO3/c12-8-4-3-7(5-9(8)13)16-10(11(14)15)6-1-2-6/h3-6,10H,1-2H2,(H,14,15). The molecule has 1 aromatic rings. The van der Waals surface area contributed by atoms with Gasteiger partial charge in [0.15, 0.2) is 6.10 Å². The van der Waals surface area contributed by atoms with Crippen molar-refractivity contribution in [2.75, 3.05) is 0 Å². The highest BCUT2D eigenvalue weighted by atomic mass is 35.5. The molecule has 0 bridgehead atoms. The van der Waals surface area contributed by atoms with Gasteiger partial charge in [0, 0.05) is 12.0 Å². The van der Waals surface area contributed by atoms with E-state index in [1.54, 1.807) is 0 Å². The zero-order valence-electron chi connectivity index (χ0n) is 8.32. The maximum absolute atomic E-state index is 13.1. The second kappa shape index (κ2) is 4.29. The molecule has 1 aliphatic rings. The number of carboxylic acids is 1. The summed E-state index contributed by atoms with van der Waals surface area (Å²) in [6.45, 7) is 0. The van der Waals surface area contributed by atoms with E-state index >= 15 is 0 Å². The second-order valence-corrected chi connectivity index (χ2v) is 4.20. The van der Waals surface area contributed by atoms with Gasteiger partial charge in [-0.2, -0.15) is 0 Å². The molecular weight excluding hydrogens is 235 g/mol. The van der Waals surface area contributed by atoms with Crippen molar-refractivity contribution in [2.45, 2.75) is 18.9 Å². The van der Waals surface area contributed by atoms with E-state index in [4.69, 9.17) is 21.4 Å². The van der Waals surface area contributed by atoms with Gasteiger partial charge in [0.1, 0.15) is 11.6 Å². The number of ether oxygens (including phenoxy) is 1. The Kier molecular flexibility index (Phi) is 3.01. The van der Waals surface area contributed by atoms with Crippen LogP contribution in [0, 0.1) is 11.7 Å². The van der Waals surface area contributed by atoms with Gasteiger partial charge >= 0.3 is 5.97 Å². The Balaban J connectivity index is 2.12. The van der Waals surface area contributed by atoms with E-state index in [1.165, 1.54) is 12.1 Å². The van der Waals surface area contributed by atoms with Crippen LogP contribution in [0.5, 0.6) is 5.75 Å². The minimum atomic E-state index is -1.02. The van der Waals surface area contributed by atoms with Gasteiger partial charge in [-0.25, -0.2) is 9.18 Å². The maximum atomic E-state index is 13.1. The molecule has 0 spiro atoms. The molecule has 1 atom stereocenters. The van der Waals surface area contributed by atoms with Gasteiger partial charge in [0.2, 0.25) is 0 Å². The third-order valence-corrected chi connectivity index (χ3v) is 2.75. The number of benzene rings is 1. The summed E-state index contributed by atoms with van der Waals surface area (Å²) in [5.41, 5.74) is 0. The molecule has 0 heterocycles. The summed E-state index contributed by atoms with van der Waals surface area (Å²) in [6.07, 6.45) is 0.792. The van der Waals surface area contributed by atoms with E-state index in [0.717, 1.165) is 18.9 Å².